The molecule has 34 heavy (non-hydrogen) atoms. The van der Waals surface area contributed by atoms with Gasteiger partial charge in [-0.05, 0) is 47.7 Å². The molecule has 1 N–H and O–H groups in total. The van der Waals surface area contributed by atoms with Crippen molar-refractivity contribution in [2.75, 3.05) is 5.32 Å². The van der Waals surface area contributed by atoms with Crippen LogP contribution in [0.1, 0.15) is 18.2 Å². The van der Waals surface area contributed by atoms with Gasteiger partial charge in [0, 0.05) is 6.20 Å². The zero-order valence-electron chi connectivity index (χ0n) is 17.0. The fraction of sp³-hybridized carbons (Fsp3) is 0.200. The number of alkyl halides is 3. The lowest BCUT2D eigenvalue weighted by atomic mass is 9.84. The van der Waals surface area contributed by atoms with Crippen LogP contribution in [0.2, 0.25) is 0 Å². The van der Waals surface area contributed by atoms with E-state index in [-0.39, 0.29) is 44.3 Å². The predicted octanol–water partition coefficient (Wildman–Crippen LogP) is 3.99. The third-order valence-corrected chi connectivity index (χ3v) is 6.30. The first-order chi connectivity index (χ1) is 16.0. The number of aromatic nitrogens is 6. The molecule has 4 aromatic heterocycles. The highest BCUT2D eigenvalue weighted by Gasteiger charge is 2.63. The Bertz CT molecular complexity index is 1490. The fourth-order valence-corrected chi connectivity index (χ4v) is 4.70. The average Bonchev–Trinajstić information content (AvgIpc) is 3.24. The quantitative estimate of drug-likeness (QED) is 0.221. The van der Waals surface area contributed by atoms with E-state index in [1.54, 1.807) is 22.6 Å². The van der Waals surface area contributed by atoms with E-state index < -0.39 is 34.7 Å². The molecule has 14 heteroatoms. The van der Waals surface area contributed by atoms with Crippen LogP contribution in [-0.4, -0.2) is 41.8 Å². The summed E-state index contributed by atoms with van der Waals surface area (Å²) in [7, 11) is 0. The van der Waals surface area contributed by atoms with Crippen LogP contribution in [0.3, 0.4) is 0 Å². The highest BCUT2D eigenvalue weighted by Crippen LogP contribution is 2.49. The lowest BCUT2D eigenvalue weighted by molar-refractivity contribution is -0.186. The molecule has 1 aliphatic rings. The number of anilines is 1. The number of hydrogen-bond donors (Lipinski definition) is 1. The first kappa shape index (κ1) is 22.5. The number of amides is 1. The number of pyridine rings is 2. The first-order valence-electron chi connectivity index (χ1n) is 9.58. The van der Waals surface area contributed by atoms with Gasteiger partial charge in [-0.2, -0.15) is 18.3 Å². The molecule has 0 spiro atoms. The smallest absolute Gasteiger partial charge is 0.309 e. The number of hydrogen-bond acceptors (Lipinski definition) is 6. The molecule has 174 valence electrons. The van der Waals surface area contributed by atoms with Gasteiger partial charge in [0.15, 0.2) is 16.9 Å². The number of halogens is 6. The van der Waals surface area contributed by atoms with Crippen molar-refractivity contribution in [2.24, 2.45) is 0 Å². The molecular weight excluding hydrogens is 576 g/mol. The van der Waals surface area contributed by atoms with Crippen molar-refractivity contribution >= 4 is 45.3 Å². The van der Waals surface area contributed by atoms with E-state index >= 15 is 0 Å². The van der Waals surface area contributed by atoms with Crippen LogP contribution in [0.4, 0.5) is 27.8 Å². The lowest BCUT2D eigenvalue weighted by Gasteiger charge is -2.25. The summed E-state index contributed by atoms with van der Waals surface area (Å²) in [6.07, 6.45) is -2.55. The summed E-state index contributed by atoms with van der Waals surface area (Å²) in [4.78, 5) is 28.5. The third kappa shape index (κ3) is 3.30. The Morgan fingerprint density at radius 3 is 2.68 bits per heavy atom. The fourth-order valence-electron chi connectivity index (χ4n) is 3.68. The SMILES string of the molecule is CC1(C(F)(F)F)C(=O)Nc2nc(-c3nn(Cc4ncccc4F)c4ncc(F)cc34)nc(I)c21. The van der Waals surface area contributed by atoms with Gasteiger partial charge in [0.2, 0.25) is 5.91 Å². The second-order valence-electron chi connectivity index (χ2n) is 7.60. The van der Waals surface area contributed by atoms with Gasteiger partial charge in [0.25, 0.3) is 0 Å². The number of nitrogens with one attached hydrogen (secondary N) is 1. The van der Waals surface area contributed by atoms with E-state index in [2.05, 4.69) is 30.4 Å². The molecule has 0 aliphatic carbocycles. The summed E-state index contributed by atoms with van der Waals surface area (Å²) in [5, 5.41) is 6.63. The van der Waals surface area contributed by atoms with Gasteiger partial charge in [0.05, 0.1) is 29.4 Å². The number of rotatable bonds is 3. The van der Waals surface area contributed by atoms with Gasteiger partial charge < -0.3 is 5.32 Å². The Kier molecular flexibility index (Phi) is 5.03. The topological polar surface area (TPSA) is 98.5 Å². The molecule has 1 aliphatic heterocycles. The first-order valence-corrected chi connectivity index (χ1v) is 10.7. The summed E-state index contributed by atoms with van der Waals surface area (Å²) in [5.41, 5.74) is -3.04. The molecule has 5 rings (SSSR count). The maximum Gasteiger partial charge on any atom is 0.407 e. The minimum Gasteiger partial charge on any atom is -0.309 e. The Balaban J connectivity index is 1.69. The maximum absolute atomic E-state index is 14.1. The van der Waals surface area contributed by atoms with E-state index in [1.807, 2.05) is 0 Å². The van der Waals surface area contributed by atoms with Crippen molar-refractivity contribution in [3.05, 3.63) is 57.2 Å². The maximum atomic E-state index is 14.1. The van der Waals surface area contributed by atoms with E-state index in [1.165, 1.54) is 23.0 Å². The molecule has 0 saturated carbocycles. The van der Waals surface area contributed by atoms with Gasteiger partial charge in [-0.3, -0.25) is 9.78 Å². The van der Waals surface area contributed by atoms with Crippen molar-refractivity contribution in [2.45, 2.75) is 25.1 Å². The van der Waals surface area contributed by atoms with Gasteiger partial charge in [0.1, 0.15) is 26.8 Å². The minimum atomic E-state index is -4.89. The number of fused-ring (bicyclic) bond motifs is 2. The summed E-state index contributed by atoms with van der Waals surface area (Å²) >= 11 is 1.59. The molecule has 8 nitrogen and oxygen atoms in total. The van der Waals surface area contributed by atoms with Crippen molar-refractivity contribution in [3.63, 3.8) is 0 Å². The van der Waals surface area contributed by atoms with Crippen molar-refractivity contribution in [1.29, 1.82) is 0 Å². The van der Waals surface area contributed by atoms with Gasteiger partial charge >= 0.3 is 6.18 Å². The standard InChI is InChI=1S/C20H11F5IN7O/c1-19(20(23,24)25)12-14(26)29-16(30-15(12)31-18(19)34)13-9-5-8(21)6-28-17(9)33(32-13)7-11-10(22)3-2-4-27-11/h2-6H,7H2,1H3,(H,29,30,31,34). The van der Waals surface area contributed by atoms with Crippen LogP contribution < -0.4 is 5.32 Å². The summed E-state index contributed by atoms with van der Waals surface area (Å²) in [5.74, 6) is -3.05. The molecule has 0 bridgehead atoms. The Morgan fingerprint density at radius 2 is 1.97 bits per heavy atom. The molecule has 0 fully saturated rings. The zero-order chi connectivity index (χ0) is 24.4. The normalized spacial score (nSPS) is 17.8. The summed E-state index contributed by atoms with van der Waals surface area (Å²) in [6, 6.07) is 3.74. The molecular formula is C20H11F5IN7O. The van der Waals surface area contributed by atoms with E-state index in [4.69, 9.17) is 0 Å². The predicted molar refractivity (Wildman–Crippen MR) is 117 cm³/mol. The van der Waals surface area contributed by atoms with Crippen LogP contribution in [0.15, 0.2) is 30.6 Å². The Labute approximate surface area is 200 Å². The summed E-state index contributed by atoms with van der Waals surface area (Å²) < 4.78 is 70.5. The molecule has 0 aromatic carbocycles. The third-order valence-electron chi connectivity index (χ3n) is 5.52. The molecule has 0 radical (unpaired) electrons. The van der Waals surface area contributed by atoms with Gasteiger partial charge in [-0.1, -0.05) is 0 Å². The van der Waals surface area contributed by atoms with Crippen LogP contribution in [0.25, 0.3) is 22.6 Å². The molecule has 4 aromatic rings. The molecule has 1 unspecified atom stereocenters. The van der Waals surface area contributed by atoms with Crippen LogP contribution in [-0.2, 0) is 16.8 Å². The van der Waals surface area contributed by atoms with E-state index in [0.717, 1.165) is 19.2 Å². The van der Waals surface area contributed by atoms with E-state index in [9.17, 15) is 26.7 Å². The van der Waals surface area contributed by atoms with Crippen molar-refractivity contribution < 1.29 is 26.7 Å². The summed E-state index contributed by atoms with van der Waals surface area (Å²) in [6.45, 7) is 0.594. The molecule has 0 saturated heterocycles. The van der Waals surface area contributed by atoms with Gasteiger partial charge in [-0.15, -0.1) is 0 Å². The van der Waals surface area contributed by atoms with Crippen LogP contribution in [0.5, 0.6) is 0 Å². The largest absolute Gasteiger partial charge is 0.407 e. The molecule has 1 atom stereocenters. The number of carbonyl (C=O) groups excluding carboxylic acids is 1. The monoisotopic (exact) mass is 587 g/mol. The average molecular weight is 587 g/mol. The van der Waals surface area contributed by atoms with Crippen molar-refractivity contribution in [1.82, 2.24) is 29.7 Å². The van der Waals surface area contributed by atoms with Crippen LogP contribution in [0, 0.1) is 15.3 Å². The number of nitrogens with zero attached hydrogens (tertiary/aromatic N) is 6. The molecule has 1 amide bonds. The second-order valence-corrected chi connectivity index (χ2v) is 8.62. The molecule has 5 heterocycles. The van der Waals surface area contributed by atoms with E-state index in [0.29, 0.717) is 0 Å². The number of carbonyl (C=O) groups is 1. The highest BCUT2D eigenvalue weighted by molar-refractivity contribution is 14.1. The second kappa shape index (κ2) is 7.61. The highest BCUT2D eigenvalue weighted by atomic mass is 127. The van der Waals surface area contributed by atoms with Gasteiger partial charge in [-0.25, -0.2) is 28.4 Å². The Hall–Kier alpha value is -3.30. The lowest BCUT2D eigenvalue weighted by Crippen LogP contribution is -2.45. The Morgan fingerprint density at radius 1 is 1.21 bits per heavy atom. The van der Waals surface area contributed by atoms with Crippen LogP contribution >= 0.6 is 22.6 Å². The minimum absolute atomic E-state index is 0.00563. The zero-order valence-corrected chi connectivity index (χ0v) is 19.1. The van der Waals surface area contributed by atoms with Crippen molar-refractivity contribution in [3.8, 4) is 11.5 Å².